The summed E-state index contributed by atoms with van der Waals surface area (Å²) in [5, 5.41) is 6.78. The second kappa shape index (κ2) is 4.29. The average Bonchev–Trinajstić information content (AvgIpc) is 3.11. The van der Waals surface area contributed by atoms with Gasteiger partial charge in [-0.25, -0.2) is 4.98 Å². The van der Waals surface area contributed by atoms with Gasteiger partial charge in [-0.15, -0.1) is 0 Å². The SMILES string of the molecule is Cc1cc(CNc2nccn(C3CC3)c2=O)on1. The molecule has 18 heavy (non-hydrogen) atoms. The molecular weight excluding hydrogens is 232 g/mol. The third-order valence-corrected chi connectivity index (χ3v) is 2.92. The molecule has 2 heterocycles. The molecule has 6 heteroatoms. The first-order valence-corrected chi connectivity index (χ1v) is 5.97. The van der Waals surface area contributed by atoms with Crippen LogP contribution in [0.5, 0.6) is 0 Å². The molecule has 0 radical (unpaired) electrons. The van der Waals surface area contributed by atoms with Crippen molar-refractivity contribution in [3.63, 3.8) is 0 Å². The molecule has 1 saturated carbocycles. The fourth-order valence-corrected chi connectivity index (χ4v) is 1.86. The summed E-state index contributed by atoms with van der Waals surface area (Å²) in [6, 6.07) is 2.18. The molecule has 0 spiro atoms. The maximum absolute atomic E-state index is 12.1. The van der Waals surface area contributed by atoms with Crippen molar-refractivity contribution in [1.82, 2.24) is 14.7 Å². The highest BCUT2D eigenvalue weighted by Crippen LogP contribution is 2.33. The van der Waals surface area contributed by atoms with Crippen molar-refractivity contribution in [2.75, 3.05) is 5.32 Å². The van der Waals surface area contributed by atoms with Crippen LogP contribution in [0.2, 0.25) is 0 Å². The van der Waals surface area contributed by atoms with Crippen molar-refractivity contribution in [1.29, 1.82) is 0 Å². The van der Waals surface area contributed by atoms with Gasteiger partial charge < -0.3 is 14.4 Å². The zero-order chi connectivity index (χ0) is 12.5. The summed E-state index contributed by atoms with van der Waals surface area (Å²) in [6.45, 7) is 2.27. The van der Waals surface area contributed by atoms with E-state index < -0.39 is 0 Å². The van der Waals surface area contributed by atoms with Gasteiger partial charge >= 0.3 is 0 Å². The molecule has 6 nitrogen and oxygen atoms in total. The summed E-state index contributed by atoms with van der Waals surface area (Å²) < 4.78 is 6.80. The number of hydrogen-bond donors (Lipinski definition) is 1. The first-order chi connectivity index (χ1) is 8.74. The van der Waals surface area contributed by atoms with Gasteiger partial charge in [-0.1, -0.05) is 5.16 Å². The van der Waals surface area contributed by atoms with E-state index in [-0.39, 0.29) is 5.56 Å². The molecule has 2 aromatic heterocycles. The van der Waals surface area contributed by atoms with Gasteiger partial charge in [0.15, 0.2) is 11.6 Å². The third-order valence-electron chi connectivity index (χ3n) is 2.92. The Balaban J connectivity index is 1.76. The van der Waals surface area contributed by atoms with E-state index in [0.29, 0.717) is 24.2 Å². The molecule has 0 amide bonds. The highest BCUT2D eigenvalue weighted by atomic mass is 16.5. The molecule has 1 aliphatic rings. The third kappa shape index (κ3) is 2.13. The van der Waals surface area contributed by atoms with E-state index in [0.717, 1.165) is 18.5 Å². The minimum atomic E-state index is -0.0729. The minimum Gasteiger partial charge on any atom is -0.359 e. The van der Waals surface area contributed by atoms with Gasteiger partial charge in [0, 0.05) is 24.5 Å². The normalized spacial score (nSPS) is 14.7. The Morgan fingerprint density at radius 1 is 1.56 bits per heavy atom. The summed E-state index contributed by atoms with van der Waals surface area (Å²) in [6.07, 6.45) is 5.53. The van der Waals surface area contributed by atoms with Gasteiger partial charge in [-0.3, -0.25) is 4.79 Å². The monoisotopic (exact) mass is 246 g/mol. The van der Waals surface area contributed by atoms with Crippen LogP contribution in [0.3, 0.4) is 0 Å². The lowest BCUT2D eigenvalue weighted by Crippen LogP contribution is -2.23. The predicted octanol–water partition coefficient (Wildman–Crippen LogP) is 1.49. The molecule has 2 aromatic rings. The molecule has 3 rings (SSSR count). The minimum absolute atomic E-state index is 0.0729. The quantitative estimate of drug-likeness (QED) is 0.884. The number of aromatic nitrogens is 3. The highest BCUT2D eigenvalue weighted by Gasteiger charge is 2.25. The smallest absolute Gasteiger partial charge is 0.293 e. The van der Waals surface area contributed by atoms with Gasteiger partial charge in [0.05, 0.1) is 12.2 Å². The van der Waals surface area contributed by atoms with E-state index in [4.69, 9.17) is 4.52 Å². The summed E-state index contributed by atoms with van der Waals surface area (Å²) in [5.41, 5.74) is 0.749. The Morgan fingerprint density at radius 3 is 3.06 bits per heavy atom. The second-order valence-corrected chi connectivity index (χ2v) is 4.51. The summed E-state index contributed by atoms with van der Waals surface area (Å²) in [4.78, 5) is 16.1. The van der Waals surface area contributed by atoms with Crippen molar-refractivity contribution < 1.29 is 4.52 Å². The van der Waals surface area contributed by atoms with Crippen LogP contribution in [0.25, 0.3) is 0 Å². The molecule has 0 aromatic carbocycles. The van der Waals surface area contributed by atoms with E-state index >= 15 is 0 Å². The Morgan fingerprint density at radius 2 is 2.39 bits per heavy atom. The largest absolute Gasteiger partial charge is 0.359 e. The van der Waals surface area contributed by atoms with Gasteiger partial charge in [-0.2, -0.15) is 0 Å². The Bertz CT molecular complexity index is 613. The van der Waals surface area contributed by atoms with Crippen molar-refractivity contribution in [3.05, 3.63) is 40.3 Å². The number of aryl methyl sites for hydroxylation is 1. The van der Waals surface area contributed by atoms with E-state index in [1.165, 1.54) is 0 Å². The van der Waals surface area contributed by atoms with E-state index in [1.54, 1.807) is 17.0 Å². The maximum atomic E-state index is 12.1. The van der Waals surface area contributed by atoms with Crippen LogP contribution >= 0.6 is 0 Å². The van der Waals surface area contributed by atoms with E-state index in [1.807, 2.05) is 13.0 Å². The van der Waals surface area contributed by atoms with Crippen LogP contribution in [-0.4, -0.2) is 14.7 Å². The summed E-state index contributed by atoms with van der Waals surface area (Å²) >= 11 is 0. The molecule has 0 atom stereocenters. The topological polar surface area (TPSA) is 73.0 Å². The Hall–Kier alpha value is -2.11. The van der Waals surface area contributed by atoms with Crippen molar-refractivity contribution in [2.24, 2.45) is 0 Å². The molecule has 1 N–H and O–H groups in total. The van der Waals surface area contributed by atoms with Crippen LogP contribution in [0, 0.1) is 6.92 Å². The van der Waals surface area contributed by atoms with Crippen LogP contribution in [0.1, 0.15) is 30.3 Å². The molecule has 0 aliphatic heterocycles. The summed E-state index contributed by atoms with van der Waals surface area (Å²) in [7, 11) is 0. The Labute approximate surface area is 104 Å². The van der Waals surface area contributed by atoms with Gasteiger partial charge in [-0.05, 0) is 19.8 Å². The molecule has 1 aliphatic carbocycles. The number of hydrogen-bond acceptors (Lipinski definition) is 5. The standard InChI is InChI=1S/C12H14N4O2/c1-8-6-10(18-15-8)7-14-11-12(17)16(5-4-13-11)9-2-3-9/h4-6,9H,2-3,7H2,1H3,(H,13,14). The van der Waals surface area contributed by atoms with Crippen LogP contribution in [0.4, 0.5) is 5.82 Å². The first-order valence-electron chi connectivity index (χ1n) is 5.97. The molecular formula is C12H14N4O2. The highest BCUT2D eigenvalue weighted by molar-refractivity contribution is 5.31. The number of rotatable bonds is 4. The predicted molar refractivity (Wildman–Crippen MR) is 65.3 cm³/mol. The fraction of sp³-hybridized carbons (Fsp3) is 0.417. The number of nitrogens with one attached hydrogen (secondary N) is 1. The van der Waals surface area contributed by atoms with Crippen LogP contribution in [0.15, 0.2) is 27.8 Å². The number of nitrogens with zero attached hydrogens (tertiary/aromatic N) is 3. The molecule has 94 valence electrons. The van der Waals surface area contributed by atoms with E-state index in [9.17, 15) is 4.79 Å². The zero-order valence-corrected chi connectivity index (χ0v) is 10.1. The molecule has 0 unspecified atom stereocenters. The van der Waals surface area contributed by atoms with Gasteiger partial charge in [0.1, 0.15) is 0 Å². The van der Waals surface area contributed by atoms with E-state index in [2.05, 4.69) is 15.5 Å². The fourth-order valence-electron chi connectivity index (χ4n) is 1.86. The lowest BCUT2D eigenvalue weighted by atomic mass is 10.4. The lowest BCUT2D eigenvalue weighted by Gasteiger charge is -2.06. The molecule has 0 saturated heterocycles. The number of anilines is 1. The average molecular weight is 246 g/mol. The van der Waals surface area contributed by atoms with Crippen molar-refractivity contribution in [3.8, 4) is 0 Å². The lowest BCUT2D eigenvalue weighted by molar-refractivity contribution is 0.384. The summed E-state index contributed by atoms with van der Waals surface area (Å²) in [5.74, 6) is 1.05. The van der Waals surface area contributed by atoms with Gasteiger partial charge in [0.25, 0.3) is 5.56 Å². The van der Waals surface area contributed by atoms with Crippen molar-refractivity contribution in [2.45, 2.75) is 32.4 Å². The Kier molecular flexibility index (Phi) is 2.62. The maximum Gasteiger partial charge on any atom is 0.293 e. The van der Waals surface area contributed by atoms with Gasteiger partial charge in [0.2, 0.25) is 0 Å². The molecule has 0 bridgehead atoms. The zero-order valence-electron chi connectivity index (χ0n) is 10.1. The second-order valence-electron chi connectivity index (χ2n) is 4.51. The van der Waals surface area contributed by atoms with Crippen LogP contribution < -0.4 is 10.9 Å². The molecule has 1 fully saturated rings. The van der Waals surface area contributed by atoms with Crippen molar-refractivity contribution >= 4 is 5.82 Å². The van der Waals surface area contributed by atoms with Crippen LogP contribution in [-0.2, 0) is 6.54 Å². The first kappa shape index (κ1) is 11.0.